The Labute approximate surface area is 88.3 Å². The molecule has 1 heterocycles. The first kappa shape index (κ1) is 10.2. The lowest BCUT2D eigenvalue weighted by atomic mass is 9.86. The van der Waals surface area contributed by atoms with Gasteiger partial charge < -0.3 is 9.63 Å². The van der Waals surface area contributed by atoms with Gasteiger partial charge in [-0.1, -0.05) is 37.3 Å². The first-order chi connectivity index (χ1) is 7.25. The summed E-state index contributed by atoms with van der Waals surface area (Å²) >= 11 is 0. The van der Waals surface area contributed by atoms with Crippen LogP contribution in [-0.2, 0) is 6.42 Å². The van der Waals surface area contributed by atoms with Crippen molar-refractivity contribution in [3.63, 3.8) is 0 Å². The Morgan fingerprint density at radius 1 is 1.47 bits per heavy atom. The molecule has 0 bridgehead atoms. The first-order valence-corrected chi connectivity index (χ1v) is 5.44. The molecule has 0 aliphatic heterocycles. The van der Waals surface area contributed by atoms with Crippen molar-refractivity contribution in [2.75, 3.05) is 0 Å². The summed E-state index contributed by atoms with van der Waals surface area (Å²) in [7, 11) is 0. The number of nitrogens with zero attached hydrogens (tertiary/aromatic N) is 1. The number of rotatable bonds is 3. The third kappa shape index (κ3) is 2.58. The minimum Gasteiger partial charge on any atom is -0.475 e. The van der Waals surface area contributed by atoms with E-state index >= 15 is 0 Å². The predicted molar refractivity (Wildman–Crippen MR) is 53.7 cm³/mol. The Morgan fingerprint density at radius 3 is 2.80 bits per heavy atom. The van der Waals surface area contributed by atoms with Crippen LogP contribution in [0, 0.1) is 5.92 Å². The molecule has 4 heteroatoms. The summed E-state index contributed by atoms with van der Waals surface area (Å²) < 4.78 is 4.72. The summed E-state index contributed by atoms with van der Waals surface area (Å²) in [6, 6.07) is 1.54. The molecule has 0 aromatic carbocycles. The first-order valence-electron chi connectivity index (χ1n) is 5.44. The maximum atomic E-state index is 10.6. The van der Waals surface area contributed by atoms with Crippen molar-refractivity contribution in [1.29, 1.82) is 0 Å². The van der Waals surface area contributed by atoms with Crippen LogP contribution in [0.2, 0.25) is 0 Å². The molecule has 1 saturated carbocycles. The molecule has 1 N–H and O–H groups in total. The van der Waals surface area contributed by atoms with E-state index in [2.05, 4.69) is 5.16 Å². The molecule has 2 rings (SSSR count). The van der Waals surface area contributed by atoms with E-state index in [1.807, 2.05) is 0 Å². The molecule has 0 atom stereocenters. The molecular formula is C11H15NO3. The molecule has 0 saturated heterocycles. The second kappa shape index (κ2) is 4.47. The van der Waals surface area contributed by atoms with E-state index in [4.69, 9.17) is 9.63 Å². The molecule has 15 heavy (non-hydrogen) atoms. The summed E-state index contributed by atoms with van der Waals surface area (Å²) in [4.78, 5) is 10.6. The summed E-state index contributed by atoms with van der Waals surface area (Å²) in [5.74, 6) is -0.441. The number of carboxylic acids is 1. The van der Waals surface area contributed by atoms with E-state index in [-0.39, 0.29) is 5.76 Å². The molecule has 1 aliphatic rings. The average molecular weight is 209 g/mol. The lowest BCUT2D eigenvalue weighted by molar-refractivity contribution is 0.0652. The third-order valence-electron chi connectivity index (χ3n) is 2.99. The topological polar surface area (TPSA) is 63.3 Å². The van der Waals surface area contributed by atoms with Crippen molar-refractivity contribution < 1.29 is 14.4 Å². The lowest BCUT2D eigenvalue weighted by Crippen LogP contribution is -2.09. The normalized spacial score (nSPS) is 17.9. The molecule has 0 spiro atoms. The summed E-state index contributed by atoms with van der Waals surface area (Å²) in [5, 5.41) is 12.4. The third-order valence-corrected chi connectivity index (χ3v) is 2.99. The van der Waals surface area contributed by atoms with Gasteiger partial charge in [-0.2, -0.15) is 0 Å². The van der Waals surface area contributed by atoms with Gasteiger partial charge in [-0.15, -0.1) is 0 Å². The van der Waals surface area contributed by atoms with Crippen molar-refractivity contribution >= 4 is 5.97 Å². The maximum absolute atomic E-state index is 10.6. The number of aromatic carboxylic acids is 1. The van der Waals surface area contributed by atoms with E-state index < -0.39 is 5.97 Å². The highest BCUT2D eigenvalue weighted by Crippen LogP contribution is 2.26. The van der Waals surface area contributed by atoms with Crippen molar-refractivity contribution in [1.82, 2.24) is 5.16 Å². The fourth-order valence-electron chi connectivity index (χ4n) is 2.20. The van der Waals surface area contributed by atoms with Gasteiger partial charge >= 0.3 is 5.97 Å². The number of hydrogen-bond donors (Lipinski definition) is 1. The zero-order chi connectivity index (χ0) is 10.7. The Balaban J connectivity index is 1.94. The largest absolute Gasteiger partial charge is 0.475 e. The maximum Gasteiger partial charge on any atom is 0.374 e. The number of carbonyl (C=O) groups is 1. The van der Waals surface area contributed by atoms with Crippen LogP contribution in [0.1, 0.15) is 48.4 Å². The van der Waals surface area contributed by atoms with Gasteiger partial charge in [0.1, 0.15) is 0 Å². The highest BCUT2D eigenvalue weighted by molar-refractivity contribution is 5.84. The van der Waals surface area contributed by atoms with Gasteiger partial charge in [-0.25, -0.2) is 4.79 Å². The molecule has 1 fully saturated rings. The summed E-state index contributed by atoms with van der Waals surface area (Å²) in [5.41, 5.74) is 0.777. The van der Waals surface area contributed by atoms with Crippen molar-refractivity contribution in [2.24, 2.45) is 5.92 Å². The van der Waals surface area contributed by atoms with E-state index in [1.165, 1.54) is 38.2 Å². The fraction of sp³-hybridized carbons (Fsp3) is 0.636. The molecule has 82 valence electrons. The predicted octanol–water partition coefficient (Wildman–Crippen LogP) is 2.50. The van der Waals surface area contributed by atoms with E-state index in [1.54, 1.807) is 0 Å². The van der Waals surface area contributed by atoms with Crippen LogP contribution in [0.25, 0.3) is 0 Å². The second-order valence-corrected chi connectivity index (χ2v) is 4.20. The molecular weight excluding hydrogens is 194 g/mol. The standard InChI is InChI=1S/C11H15NO3/c13-11(14)10-7-9(12-15-10)6-8-4-2-1-3-5-8/h7-8H,1-6H2,(H,13,14). The van der Waals surface area contributed by atoms with Gasteiger partial charge in [0.05, 0.1) is 5.69 Å². The van der Waals surface area contributed by atoms with Crippen molar-refractivity contribution in [3.8, 4) is 0 Å². The zero-order valence-corrected chi connectivity index (χ0v) is 8.61. The molecule has 0 amide bonds. The van der Waals surface area contributed by atoms with Gasteiger partial charge in [-0.05, 0) is 12.3 Å². The molecule has 0 radical (unpaired) electrons. The lowest BCUT2D eigenvalue weighted by Gasteiger charge is -2.19. The number of aromatic nitrogens is 1. The highest BCUT2D eigenvalue weighted by atomic mass is 16.5. The van der Waals surface area contributed by atoms with E-state index in [0.717, 1.165) is 12.1 Å². The van der Waals surface area contributed by atoms with Gasteiger partial charge in [0.25, 0.3) is 0 Å². The molecule has 1 aliphatic carbocycles. The Bertz CT molecular complexity index is 339. The fourth-order valence-corrected chi connectivity index (χ4v) is 2.20. The molecule has 0 unspecified atom stereocenters. The average Bonchev–Trinajstić information content (AvgIpc) is 2.68. The van der Waals surface area contributed by atoms with Crippen LogP contribution in [0.3, 0.4) is 0 Å². The zero-order valence-electron chi connectivity index (χ0n) is 8.61. The Hall–Kier alpha value is -1.32. The van der Waals surface area contributed by atoms with Gasteiger partial charge in [0.2, 0.25) is 5.76 Å². The van der Waals surface area contributed by atoms with Gasteiger partial charge in [0, 0.05) is 6.07 Å². The Morgan fingerprint density at radius 2 is 2.20 bits per heavy atom. The molecule has 4 nitrogen and oxygen atoms in total. The SMILES string of the molecule is O=C(O)c1cc(CC2CCCCC2)no1. The Kier molecular flexibility index (Phi) is 3.04. The van der Waals surface area contributed by atoms with Crippen LogP contribution in [-0.4, -0.2) is 16.2 Å². The second-order valence-electron chi connectivity index (χ2n) is 4.20. The summed E-state index contributed by atoms with van der Waals surface area (Å²) in [6.07, 6.45) is 7.22. The van der Waals surface area contributed by atoms with E-state index in [0.29, 0.717) is 5.92 Å². The smallest absolute Gasteiger partial charge is 0.374 e. The van der Waals surface area contributed by atoms with Crippen LogP contribution in [0.15, 0.2) is 10.6 Å². The van der Waals surface area contributed by atoms with E-state index in [9.17, 15) is 4.79 Å². The van der Waals surface area contributed by atoms with Crippen molar-refractivity contribution in [3.05, 3.63) is 17.5 Å². The quantitative estimate of drug-likeness (QED) is 0.830. The molecule has 1 aromatic rings. The summed E-state index contributed by atoms with van der Waals surface area (Å²) in [6.45, 7) is 0. The molecule has 1 aromatic heterocycles. The van der Waals surface area contributed by atoms with Crippen LogP contribution in [0.4, 0.5) is 0 Å². The van der Waals surface area contributed by atoms with Crippen LogP contribution >= 0.6 is 0 Å². The van der Waals surface area contributed by atoms with Crippen molar-refractivity contribution in [2.45, 2.75) is 38.5 Å². The number of carboxylic acid groups (broad SMARTS) is 1. The van der Waals surface area contributed by atoms with Crippen LogP contribution < -0.4 is 0 Å². The number of hydrogen-bond acceptors (Lipinski definition) is 3. The van der Waals surface area contributed by atoms with Gasteiger partial charge in [-0.3, -0.25) is 0 Å². The minimum atomic E-state index is -1.04. The monoisotopic (exact) mass is 209 g/mol. The highest BCUT2D eigenvalue weighted by Gasteiger charge is 2.17. The minimum absolute atomic E-state index is 0.0548. The van der Waals surface area contributed by atoms with Gasteiger partial charge in [0.15, 0.2) is 0 Å². The van der Waals surface area contributed by atoms with Crippen LogP contribution in [0.5, 0.6) is 0 Å².